The monoisotopic (exact) mass is 320 g/mol. The molecular weight excluding hydrogens is 292 g/mol. The zero-order chi connectivity index (χ0) is 16.7. The number of hydrogen-bond acceptors (Lipinski definition) is 7. The first-order valence-corrected chi connectivity index (χ1v) is 7.86. The Labute approximate surface area is 130 Å². The van der Waals surface area contributed by atoms with Crippen LogP contribution in [0, 0.1) is 17.8 Å². The van der Waals surface area contributed by atoms with Gasteiger partial charge in [-0.2, -0.15) is 0 Å². The fraction of sp³-hybridized carbons (Fsp3) is 1.00. The second-order valence-electron chi connectivity index (χ2n) is 6.65. The van der Waals surface area contributed by atoms with Crippen LogP contribution < -0.4 is 0 Å². The molecule has 2 rings (SSSR count). The lowest BCUT2D eigenvalue weighted by Gasteiger charge is -2.45. The molecule has 2 aliphatic heterocycles. The Bertz CT molecular complexity index is 379. The van der Waals surface area contributed by atoms with E-state index in [1.54, 1.807) is 0 Å². The molecule has 0 aliphatic carbocycles. The van der Waals surface area contributed by atoms with Gasteiger partial charge < -0.3 is 34.6 Å². The van der Waals surface area contributed by atoms with Crippen LogP contribution >= 0.6 is 0 Å². The van der Waals surface area contributed by atoms with Crippen molar-refractivity contribution in [3.63, 3.8) is 0 Å². The maximum atomic E-state index is 10.2. The predicted molar refractivity (Wildman–Crippen MR) is 76.7 cm³/mol. The number of aliphatic hydroxyl groups excluding tert-OH is 4. The molecule has 130 valence electrons. The van der Waals surface area contributed by atoms with E-state index >= 15 is 0 Å². The summed E-state index contributed by atoms with van der Waals surface area (Å²) in [4.78, 5) is 0. The van der Waals surface area contributed by atoms with Crippen molar-refractivity contribution in [2.45, 2.75) is 64.2 Å². The Balaban J connectivity index is 2.16. The van der Waals surface area contributed by atoms with Crippen molar-refractivity contribution >= 4 is 0 Å². The average Bonchev–Trinajstić information content (AvgIpc) is 2.75. The molecule has 7 heteroatoms. The third-order valence-corrected chi connectivity index (χ3v) is 5.40. The fourth-order valence-electron chi connectivity index (χ4n) is 3.22. The maximum absolute atomic E-state index is 10.2. The van der Waals surface area contributed by atoms with Crippen LogP contribution in [0.1, 0.15) is 27.7 Å². The van der Waals surface area contributed by atoms with Gasteiger partial charge in [-0.25, -0.2) is 0 Å². The maximum Gasteiger partial charge on any atom is 0.223 e. The highest BCUT2D eigenvalue weighted by Gasteiger charge is 2.57. The van der Waals surface area contributed by atoms with E-state index < -0.39 is 43.6 Å². The summed E-state index contributed by atoms with van der Waals surface area (Å²) >= 11 is 0. The first kappa shape index (κ1) is 18.1. The van der Waals surface area contributed by atoms with Crippen molar-refractivity contribution < 1.29 is 34.6 Å². The van der Waals surface area contributed by atoms with Gasteiger partial charge in [0.05, 0.1) is 12.7 Å². The van der Waals surface area contributed by atoms with Crippen LogP contribution in [-0.2, 0) is 14.2 Å². The van der Waals surface area contributed by atoms with Crippen LogP contribution in [-0.4, -0.2) is 70.1 Å². The molecule has 2 saturated heterocycles. The van der Waals surface area contributed by atoms with E-state index in [4.69, 9.17) is 14.2 Å². The molecule has 7 nitrogen and oxygen atoms in total. The van der Waals surface area contributed by atoms with Crippen molar-refractivity contribution in [2.75, 3.05) is 13.2 Å². The smallest absolute Gasteiger partial charge is 0.223 e. The van der Waals surface area contributed by atoms with Crippen molar-refractivity contribution in [3.05, 3.63) is 0 Å². The van der Waals surface area contributed by atoms with E-state index in [-0.39, 0.29) is 12.0 Å². The molecule has 0 aromatic carbocycles. The van der Waals surface area contributed by atoms with E-state index in [9.17, 15) is 20.4 Å². The molecule has 9 atom stereocenters. The summed E-state index contributed by atoms with van der Waals surface area (Å²) in [6.45, 7) is 7.02. The van der Waals surface area contributed by atoms with Crippen LogP contribution in [0.25, 0.3) is 0 Å². The Kier molecular flexibility index (Phi) is 5.49. The van der Waals surface area contributed by atoms with Crippen LogP contribution in [0.3, 0.4) is 0 Å². The van der Waals surface area contributed by atoms with Crippen molar-refractivity contribution in [2.24, 2.45) is 17.8 Å². The van der Waals surface area contributed by atoms with Gasteiger partial charge in [0, 0.05) is 5.92 Å². The topological polar surface area (TPSA) is 109 Å². The highest BCUT2D eigenvalue weighted by atomic mass is 16.8. The summed E-state index contributed by atoms with van der Waals surface area (Å²) in [7, 11) is 0. The zero-order valence-electron chi connectivity index (χ0n) is 13.5. The molecule has 0 radical (unpaired) electrons. The summed E-state index contributed by atoms with van der Waals surface area (Å²) in [6.07, 6.45) is -4.51. The van der Waals surface area contributed by atoms with E-state index in [1.807, 2.05) is 13.8 Å². The molecule has 9 unspecified atom stereocenters. The van der Waals surface area contributed by atoms with Gasteiger partial charge in [-0.05, 0) is 18.8 Å². The van der Waals surface area contributed by atoms with E-state index in [2.05, 4.69) is 13.8 Å². The van der Waals surface area contributed by atoms with Gasteiger partial charge >= 0.3 is 0 Å². The minimum atomic E-state index is -1.79. The molecular formula is C15H28O7. The molecule has 22 heavy (non-hydrogen) atoms. The Morgan fingerprint density at radius 1 is 1.00 bits per heavy atom. The summed E-state index contributed by atoms with van der Waals surface area (Å²) in [5.74, 6) is -1.09. The standard InChI is InChI=1S/C15H28O7/c1-7-8(2)10(4)20-14(9(7)3)22-15(6-17)13(19)12(18)11(5-16)21-15/h7-14,16-19H,5-6H2,1-4H3. The van der Waals surface area contributed by atoms with Crippen LogP contribution in [0.2, 0.25) is 0 Å². The van der Waals surface area contributed by atoms with Crippen molar-refractivity contribution in [1.29, 1.82) is 0 Å². The van der Waals surface area contributed by atoms with Crippen molar-refractivity contribution in [3.8, 4) is 0 Å². The molecule has 0 aromatic heterocycles. The average molecular weight is 320 g/mol. The normalized spacial score (nSPS) is 52.9. The largest absolute Gasteiger partial charge is 0.394 e. The zero-order valence-corrected chi connectivity index (χ0v) is 13.5. The highest BCUT2D eigenvalue weighted by molar-refractivity contribution is 4.97. The van der Waals surface area contributed by atoms with Gasteiger partial charge in [0.1, 0.15) is 24.9 Å². The molecule has 2 heterocycles. The third kappa shape index (κ3) is 2.91. The summed E-state index contributed by atoms with van der Waals surface area (Å²) < 4.78 is 17.1. The SMILES string of the molecule is CC1OC(OC2(CO)OC(CO)C(O)C2O)C(C)C(C)C1C. The summed E-state index contributed by atoms with van der Waals surface area (Å²) in [5.41, 5.74) is 0. The Morgan fingerprint density at radius 3 is 2.14 bits per heavy atom. The van der Waals surface area contributed by atoms with Crippen LogP contribution in [0.5, 0.6) is 0 Å². The molecule has 4 N–H and O–H groups in total. The lowest BCUT2D eigenvalue weighted by atomic mass is 9.79. The third-order valence-electron chi connectivity index (χ3n) is 5.40. The fourth-order valence-corrected chi connectivity index (χ4v) is 3.22. The Morgan fingerprint density at radius 2 is 1.64 bits per heavy atom. The summed E-state index contributed by atoms with van der Waals surface area (Å²) in [6, 6.07) is 0. The van der Waals surface area contributed by atoms with Crippen LogP contribution in [0.15, 0.2) is 0 Å². The van der Waals surface area contributed by atoms with Gasteiger partial charge in [0.2, 0.25) is 5.79 Å². The molecule has 0 amide bonds. The first-order chi connectivity index (χ1) is 10.3. The van der Waals surface area contributed by atoms with Crippen LogP contribution in [0.4, 0.5) is 0 Å². The number of ether oxygens (including phenoxy) is 3. The van der Waals surface area contributed by atoms with E-state index in [0.717, 1.165) is 0 Å². The molecule has 0 aromatic rings. The Hall–Kier alpha value is -0.280. The van der Waals surface area contributed by atoms with Gasteiger partial charge in [-0.3, -0.25) is 0 Å². The molecule has 0 spiro atoms. The van der Waals surface area contributed by atoms with Gasteiger partial charge in [-0.15, -0.1) is 0 Å². The van der Waals surface area contributed by atoms with E-state index in [0.29, 0.717) is 11.8 Å². The molecule has 2 fully saturated rings. The summed E-state index contributed by atoms with van der Waals surface area (Å²) in [5, 5.41) is 38.9. The quantitative estimate of drug-likeness (QED) is 0.551. The first-order valence-electron chi connectivity index (χ1n) is 7.86. The lowest BCUT2D eigenvalue weighted by Crippen LogP contribution is -2.55. The number of aliphatic hydroxyl groups is 4. The second-order valence-corrected chi connectivity index (χ2v) is 6.65. The number of rotatable bonds is 4. The number of hydrogen-bond donors (Lipinski definition) is 4. The molecule has 2 aliphatic rings. The lowest BCUT2D eigenvalue weighted by molar-refractivity contribution is -0.365. The van der Waals surface area contributed by atoms with E-state index in [1.165, 1.54) is 0 Å². The minimum absolute atomic E-state index is 0.0238. The second kappa shape index (κ2) is 6.68. The molecule has 0 bridgehead atoms. The van der Waals surface area contributed by atoms with Crippen molar-refractivity contribution in [1.82, 2.24) is 0 Å². The molecule has 0 saturated carbocycles. The minimum Gasteiger partial charge on any atom is -0.394 e. The van der Waals surface area contributed by atoms with Gasteiger partial charge in [-0.1, -0.05) is 20.8 Å². The van der Waals surface area contributed by atoms with Gasteiger partial charge in [0.25, 0.3) is 0 Å². The predicted octanol–water partition coefficient (Wildman–Crippen LogP) is -0.542. The van der Waals surface area contributed by atoms with Gasteiger partial charge in [0.15, 0.2) is 6.29 Å². The highest BCUT2D eigenvalue weighted by Crippen LogP contribution is 2.40.